The van der Waals surface area contributed by atoms with Crippen LogP contribution in [0.5, 0.6) is 0 Å². The molecular weight excluding hydrogens is 873 g/mol. The van der Waals surface area contributed by atoms with Gasteiger partial charge in [0.1, 0.15) is 22.3 Å². The Bertz CT molecular complexity index is 4590. The van der Waals surface area contributed by atoms with Crippen LogP contribution in [0.4, 0.5) is 0 Å². The highest BCUT2D eigenvalue weighted by Gasteiger charge is 2.20. The quantitative estimate of drug-likeness (QED) is 0.167. The molecule has 0 aliphatic rings. The van der Waals surface area contributed by atoms with E-state index in [0.29, 0.717) is 0 Å². The first kappa shape index (κ1) is 39.0. The van der Waals surface area contributed by atoms with Gasteiger partial charge in [0.25, 0.3) is 0 Å². The Morgan fingerprint density at radius 2 is 0.971 bits per heavy atom. The van der Waals surface area contributed by atoms with Gasteiger partial charge >= 0.3 is 0 Å². The van der Waals surface area contributed by atoms with Crippen LogP contribution in [-0.2, 0) is 0 Å². The number of furan rings is 2. The molecule has 0 amide bonds. The van der Waals surface area contributed by atoms with E-state index in [1.54, 1.807) is 0 Å². The third-order valence-corrected chi connectivity index (χ3v) is 15.4. The number of aromatic nitrogens is 2. The Morgan fingerprint density at radius 3 is 1.86 bits per heavy atom. The van der Waals surface area contributed by atoms with E-state index < -0.39 is 0 Å². The van der Waals surface area contributed by atoms with Crippen LogP contribution in [0.1, 0.15) is 0 Å². The maximum absolute atomic E-state index is 6.70. The average molecular weight is 911 g/mol. The first-order chi connectivity index (χ1) is 34.7. The van der Waals surface area contributed by atoms with Gasteiger partial charge in [0.15, 0.2) is 0 Å². The number of hydrogen-bond donors (Lipinski definition) is 0. The second kappa shape index (κ2) is 15.2. The number of thiophene rings is 1. The van der Waals surface area contributed by atoms with Crippen molar-refractivity contribution in [2.45, 2.75) is 0 Å². The maximum atomic E-state index is 6.70. The minimum Gasteiger partial charge on any atom is -0.456 e. The van der Waals surface area contributed by atoms with Crippen molar-refractivity contribution in [3.63, 3.8) is 0 Å². The Kier molecular flexibility index (Phi) is 8.49. The third-order valence-electron chi connectivity index (χ3n) is 14.2. The van der Waals surface area contributed by atoms with Gasteiger partial charge in [0.05, 0.1) is 22.4 Å². The molecule has 4 nitrogen and oxygen atoms in total. The fourth-order valence-electron chi connectivity index (χ4n) is 10.9. The lowest BCUT2D eigenvalue weighted by molar-refractivity contribution is 0.668. The molecule has 70 heavy (non-hydrogen) atoms. The molecule has 5 aromatic heterocycles. The highest BCUT2D eigenvalue weighted by atomic mass is 32.1. The van der Waals surface area contributed by atoms with Crippen LogP contribution in [0.15, 0.2) is 239 Å². The summed E-state index contributed by atoms with van der Waals surface area (Å²) in [5, 5.41) is 9.35. The Hall–Kier alpha value is -9.03. The topological polar surface area (TPSA) is 44.1 Å². The van der Waals surface area contributed by atoms with Crippen molar-refractivity contribution in [1.82, 2.24) is 9.55 Å². The number of fused-ring (bicyclic) bond motifs is 12. The van der Waals surface area contributed by atoms with Crippen molar-refractivity contribution in [2.24, 2.45) is 0 Å². The summed E-state index contributed by atoms with van der Waals surface area (Å²) in [6, 6.07) is 82.7. The van der Waals surface area contributed by atoms with Crippen LogP contribution in [-0.4, -0.2) is 9.55 Å². The van der Waals surface area contributed by atoms with Crippen LogP contribution in [0, 0.1) is 0 Å². The first-order valence-corrected chi connectivity index (χ1v) is 24.5. The number of benzene rings is 10. The van der Waals surface area contributed by atoms with E-state index in [2.05, 4.69) is 217 Å². The molecule has 5 heterocycles. The van der Waals surface area contributed by atoms with Gasteiger partial charge in [-0.15, -0.1) is 11.3 Å². The third kappa shape index (κ3) is 6.05. The van der Waals surface area contributed by atoms with E-state index in [1.165, 1.54) is 53.1 Å². The zero-order chi connectivity index (χ0) is 45.9. The smallest absolute Gasteiger partial charge is 0.136 e. The van der Waals surface area contributed by atoms with Gasteiger partial charge in [0.2, 0.25) is 0 Å². The first-order valence-electron chi connectivity index (χ1n) is 23.7. The molecule has 0 bridgehead atoms. The van der Waals surface area contributed by atoms with Crippen LogP contribution in [0.25, 0.3) is 147 Å². The molecule has 0 fully saturated rings. The summed E-state index contributed by atoms with van der Waals surface area (Å²) in [7, 11) is 0. The summed E-state index contributed by atoms with van der Waals surface area (Å²) in [6.07, 6.45) is 0. The Morgan fingerprint density at radius 1 is 0.329 bits per heavy atom. The molecule has 0 N–H and O–H groups in total. The molecule has 5 heteroatoms. The molecule has 0 radical (unpaired) electrons. The van der Waals surface area contributed by atoms with Gasteiger partial charge < -0.3 is 13.4 Å². The lowest BCUT2D eigenvalue weighted by atomic mass is 9.93. The van der Waals surface area contributed by atoms with Crippen molar-refractivity contribution in [1.29, 1.82) is 0 Å². The van der Waals surface area contributed by atoms with Gasteiger partial charge in [-0.3, -0.25) is 0 Å². The van der Waals surface area contributed by atoms with Crippen LogP contribution < -0.4 is 0 Å². The summed E-state index contributed by atoms with van der Waals surface area (Å²) >= 11 is 1.87. The molecule has 0 aliphatic heterocycles. The van der Waals surface area contributed by atoms with Crippen LogP contribution >= 0.6 is 11.3 Å². The van der Waals surface area contributed by atoms with Crippen LogP contribution in [0.2, 0.25) is 0 Å². The van der Waals surface area contributed by atoms with E-state index in [0.717, 1.165) is 94.3 Å². The molecule has 15 rings (SSSR count). The normalized spacial score (nSPS) is 12.0. The summed E-state index contributed by atoms with van der Waals surface area (Å²) in [5.41, 5.74) is 17.6. The van der Waals surface area contributed by atoms with Crippen molar-refractivity contribution >= 4 is 97.2 Å². The van der Waals surface area contributed by atoms with Crippen molar-refractivity contribution in [3.05, 3.63) is 231 Å². The predicted octanol–water partition coefficient (Wildman–Crippen LogP) is 18.7. The van der Waals surface area contributed by atoms with Crippen LogP contribution in [0.3, 0.4) is 0 Å². The minimum atomic E-state index is 0.843. The minimum absolute atomic E-state index is 0.843. The largest absolute Gasteiger partial charge is 0.456 e. The SMILES string of the molecule is c1ccc(-c2cc(-c3cccc4oc5ccc(-c6cc(-c7ccc8c(c7)c7ccccc7n8-c7ccccc7)c7sc8ccccc8c7c6)cc5c34)cc(-c3ccc4c(c3)oc3ccccc34)n2)cc1. The van der Waals surface area contributed by atoms with Crippen molar-refractivity contribution < 1.29 is 8.83 Å². The van der Waals surface area contributed by atoms with E-state index in [1.807, 2.05) is 29.5 Å². The highest BCUT2D eigenvalue weighted by molar-refractivity contribution is 7.26. The second-order valence-corrected chi connectivity index (χ2v) is 19.3. The summed E-state index contributed by atoms with van der Waals surface area (Å²) in [4.78, 5) is 5.30. The van der Waals surface area contributed by atoms with Crippen molar-refractivity contribution in [3.8, 4) is 61.6 Å². The fraction of sp³-hybridized carbons (Fsp3) is 0. The maximum Gasteiger partial charge on any atom is 0.136 e. The molecule has 0 atom stereocenters. The number of nitrogens with zero attached hydrogens (tertiary/aromatic N) is 2. The summed E-state index contributed by atoms with van der Waals surface area (Å²) in [6.45, 7) is 0. The lowest BCUT2D eigenvalue weighted by Crippen LogP contribution is -1.92. The summed E-state index contributed by atoms with van der Waals surface area (Å²) in [5.74, 6) is 0. The predicted molar refractivity (Wildman–Crippen MR) is 293 cm³/mol. The Balaban J connectivity index is 0.917. The molecule has 0 unspecified atom stereocenters. The zero-order valence-electron chi connectivity index (χ0n) is 37.6. The second-order valence-electron chi connectivity index (χ2n) is 18.2. The molecule has 15 aromatic rings. The molecule has 0 spiro atoms. The number of rotatable bonds is 6. The molecule has 0 saturated carbocycles. The van der Waals surface area contributed by atoms with Gasteiger partial charge in [-0.2, -0.15) is 0 Å². The average Bonchev–Trinajstić information content (AvgIpc) is 4.19. The van der Waals surface area contributed by atoms with Gasteiger partial charge in [-0.05, 0) is 125 Å². The van der Waals surface area contributed by atoms with E-state index in [9.17, 15) is 0 Å². The Labute approximate surface area is 405 Å². The molecule has 0 aliphatic carbocycles. The number of hydrogen-bond acceptors (Lipinski definition) is 4. The molecule has 0 saturated heterocycles. The fourth-order valence-corrected chi connectivity index (χ4v) is 12.1. The molecular formula is C65H38N2O2S. The van der Waals surface area contributed by atoms with Gasteiger partial charge in [-0.1, -0.05) is 133 Å². The summed E-state index contributed by atoms with van der Waals surface area (Å²) < 4.78 is 18.0. The standard InChI is InChI=1S/C65H38N2O2S/c1-3-14-39(15-4-1)55-36-44(37-56(66-55)42-26-29-49-48-19-8-11-23-59(48)69-62(49)38-42)46-21-13-24-61-64(46)54-32-40(28-31-60(54)68-61)43-34-51(65-53(35-43)50-20-9-12-25-63(50)70-65)41-27-30-58-52(33-41)47-18-7-10-22-57(47)67(58)45-16-5-2-6-17-45/h1-38H. The molecule has 326 valence electrons. The van der Waals surface area contributed by atoms with E-state index in [4.69, 9.17) is 13.8 Å². The van der Waals surface area contributed by atoms with E-state index >= 15 is 0 Å². The van der Waals surface area contributed by atoms with Crippen molar-refractivity contribution in [2.75, 3.05) is 0 Å². The van der Waals surface area contributed by atoms with Gasteiger partial charge in [0, 0.05) is 74.9 Å². The monoisotopic (exact) mass is 910 g/mol. The lowest BCUT2D eigenvalue weighted by Gasteiger charge is -2.12. The number of pyridine rings is 1. The highest BCUT2D eigenvalue weighted by Crippen LogP contribution is 2.46. The molecule has 10 aromatic carbocycles. The van der Waals surface area contributed by atoms with E-state index in [-0.39, 0.29) is 0 Å². The van der Waals surface area contributed by atoms with Gasteiger partial charge in [-0.25, -0.2) is 4.98 Å². The number of para-hydroxylation sites is 3. The zero-order valence-corrected chi connectivity index (χ0v) is 38.4.